The molecule has 0 saturated heterocycles. The fourth-order valence-electron chi connectivity index (χ4n) is 1.08. The monoisotopic (exact) mass is 210 g/mol. The minimum atomic E-state index is -0.287. The minimum Gasteiger partial charge on any atom is -0.255 e. The van der Waals surface area contributed by atoms with E-state index in [0.29, 0.717) is 16.1 Å². The van der Waals surface area contributed by atoms with E-state index >= 15 is 0 Å². The number of H-pyrrole nitrogens is 1. The summed E-state index contributed by atoms with van der Waals surface area (Å²) < 4.78 is 13.2. The van der Waals surface area contributed by atoms with Gasteiger partial charge in [0.25, 0.3) is 0 Å². The molecule has 0 saturated carbocycles. The smallest absolute Gasteiger partial charge is 0.255 e. The SMILES string of the molecule is Cc1ccc(-c2n[nH]c(=O)s2)cc1F. The lowest BCUT2D eigenvalue weighted by Gasteiger charge is -1.98. The standard InChI is InChI=1S/C9H7FN2OS/c1-5-2-3-6(4-7(5)10)8-11-12-9(13)14-8/h2-4H,1H3,(H,12,13). The van der Waals surface area contributed by atoms with Gasteiger partial charge >= 0.3 is 4.87 Å². The molecule has 72 valence electrons. The second-order valence-electron chi connectivity index (χ2n) is 2.88. The van der Waals surface area contributed by atoms with Crippen molar-refractivity contribution in [3.8, 4) is 10.6 Å². The van der Waals surface area contributed by atoms with Gasteiger partial charge in [-0.05, 0) is 18.6 Å². The molecule has 0 unspecified atom stereocenters. The van der Waals surface area contributed by atoms with E-state index < -0.39 is 0 Å². The van der Waals surface area contributed by atoms with Crippen LogP contribution in [0, 0.1) is 12.7 Å². The van der Waals surface area contributed by atoms with E-state index in [1.54, 1.807) is 19.1 Å². The third-order valence-electron chi connectivity index (χ3n) is 1.86. The highest BCUT2D eigenvalue weighted by molar-refractivity contribution is 7.12. The van der Waals surface area contributed by atoms with Crippen molar-refractivity contribution in [2.45, 2.75) is 6.92 Å². The molecule has 0 aliphatic rings. The zero-order chi connectivity index (χ0) is 10.1. The Labute approximate surface area is 83.2 Å². The van der Waals surface area contributed by atoms with Gasteiger partial charge in [-0.25, -0.2) is 9.49 Å². The van der Waals surface area contributed by atoms with Crippen LogP contribution in [0.2, 0.25) is 0 Å². The van der Waals surface area contributed by atoms with Crippen molar-refractivity contribution >= 4 is 11.3 Å². The molecule has 3 nitrogen and oxygen atoms in total. The third-order valence-corrected chi connectivity index (χ3v) is 2.65. The number of hydrogen-bond acceptors (Lipinski definition) is 3. The first-order chi connectivity index (χ1) is 6.66. The molecule has 14 heavy (non-hydrogen) atoms. The van der Waals surface area contributed by atoms with Crippen LogP contribution in [0.4, 0.5) is 4.39 Å². The highest BCUT2D eigenvalue weighted by Gasteiger charge is 2.05. The van der Waals surface area contributed by atoms with E-state index in [0.717, 1.165) is 11.3 Å². The second kappa shape index (κ2) is 3.34. The quantitative estimate of drug-likeness (QED) is 0.781. The van der Waals surface area contributed by atoms with Gasteiger partial charge < -0.3 is 0 Å². The van der Waals surface area contributed by atoms with Crippen molar-refractivity contribution in [3.63, 3.8) is 0 Å². The molecule has 0 spiro atoms. The predicted molar refractivity (Wildman–Crippen MR) is 52.9 cm³/mol. The molecule has 5 heteroatoms. The summed E-state index contributed by atoms with van der Waals surface area (Å²) in [6.45, 7) is 1.69. The maximum Gasteiger partial charge on any atom is 0.322 e. The Morgan fingerprint density at radius 1 is 1.50 bits per heavy atom. The Bertz CT molecular complexity index is 518. The maximum absolute atomic E-state index is 13.2. The molecule has 1 heterocycles. The number of aromatic nitrogens is 2. The van der Waals surface area contributed by atoms with Crippen LogP contribution in [0.5, 0.6) is 0 Å². The van der Waals surface area contributed by atoms with E-state index in [2.05, 4.69) is 10.2 Å². The number of benzene rings is 1. The number of nitrogens with one attached hydrogen (secondary N) is 1. The van der Waals surface area contributed by atoms with Crippen molar-refractivity contribution in [2.75, 3.05) is 0 Å². The van der Waals surface area contributed by atoms with Gasteiger partial charge in [-0.2, -0.15) is 5.10 Å². The Kier molecular flexibility index (Phi) is 2.17. The average molecular weight is 210 g/mol. The fraction of sp³-hybridized carbons (Fsp3) is 0.111. The van der Waals surface area contributed by atoms with E-state index in [1.165, 1.54) is 6.07 Å². The average Bonchev–Trinajstić information content (AvgIpc) is 2.57. The summed E-state index contributed by atoms with van der Waals surface area (Å²) in [7, 11) is 0. The Morgan fingerprint density at radius 3 is 2.86 bits per heavy atom. The second-order valence-corrected chi connectivity index (χ2v) is 3.84. The lowest BCUT2D eigenvalue weighted by atomic mass is 10.1. The zero-order valence-electron chi connectivity index (χ0n) is 7.37. The predicted octanol–water partition coefficient (Wildman–Crippen LogP) is 1.95. The number of nitrogens with zero attached hydrogens (tertiary/aromatic N) is 1. The van der Waals surface area contributed by atoms with Crippen LogP contribution in [0.15, 0.2) is 23.0 Å². The van der Waals surface area contributed by atoms with Crippen LogP contribution in [0.25, 0.3) is 10.6 Å². The Hall–Kier alpha value is -1.49. The Morgan fingerprint density at radius 2 is 2.29 bits per heavy atom. The summed E-state index contributed by atoms with van der Waals surface area (Å²) in [4.78, 5) is 10.6. The van der Waals surface area contributed by atoms with Crippen LogP contribution in [0.3, 0.4) is 0 Å². The van der Waals surface area contributed by atoms with Gasteiger partial charge in [-0.1, -0.05) is 23.5 Å². The first kappa shape index (κ1) is 9.08. The Balaban J connectivity index is 2.52. The topological polar surface area (TPSA) is 45.8 Å². The largest absolute Gasteiger partial charge is 0.322 e. The van der Waals surface area contributed by atoms with Crippen LogP contribution in [0.1, 0.15) is 5.56 Å². The molecule has 0 aliphatic carbocycles. The van der Waals surface area contributed by atoms with Crippen LogP contribution >= 0.6 is 11.3 Å². The summed E-state index contributed by atoms with van der Waals surface area (Å²) in [5.74, 6) is -0.287. The van der Waals surface area contributed by atoms with Crippen molar-refractivity contribution in [2.24, 2.45) is 0 Å². The van der Waals surface area contributed by atoms with Gasteiger partial charge in [-0.15, -0.1) is 0 Å². The van der Waals surface area contributed by atoms with Gasteiger partial charge in [0.2, 0.25) is 0 Å². The van der Waals surface area contributed by atoms with Crippen molar-refractivity contribution in [1.82, 2.24) is 10.2 Å². The highest BCUT2D eigenvalue weighted by Crippen LogP contribution is 2.20. The molecule has 0 aliphatic heterocycles. The van der Waals surface area contributed by atoms with Crippen LogP contribution in [-0.2, 0) is 0 Å². The van der Waals surface area contributed by atoms with Crippen LogP contribution < -0.4 is 4.87 Å². The van der Waals surface area contributed by atoms with E-state index in [4.69, 9.17) is 0 Å². The van der Waals surface area contributed by atoms with Gasteiger partial charge in [0.15, 0.2) is 0 Å². The van der Waals surface area contributed by atoms with Crippen LogP contribution in [-0.4, -0.2) is 10.2 Å². The maximum atomic E-state index is 13.2. The molecule has 1 aromatic heterocycles. The molecule has 0 amide bonds. The number of aryl methyl sites for hydroxylation is 1. The molecule has 1 aromatic carbocycles. The normalized spacial score (nSPS) is 10.4. The number of aromatic amines is 1. The summed E-state index contributed by atoms with van der Waals surface area (Å²) >= 11 is 0.967. The van der Waals surface area contributed by atoms with E-state index in [1.807, 2.05) is 0 Å². The molecular weight excluding hydrogens is 203 g/mol. The van der Waals surface area contributed by atoms with E-state index in [9.17, 15) is 9.18 Å². The fourth-order valence-corrected chi connectivity index (χ4v) is 1.68. The number of halogens is 1. The minimum absolute atomic E-state index is 0.235. The molecule has 2 aromatic rings. The lowest BCUT2D eigenvalue weighted by molar-refractivity contribution is 0.619. The van der Waals surface area contributed by atoms with Gasteiger partial charge in [0.05, 0.1) is 0 Å². The molecule has 0 atom stereocenters. The molecule has 1 N–H and O–H groups in total. The molecule has 0 bridgehead atoms. The van der Waals surface area contributed by atoms with Crippen molar-refractivity contribution < 1.29 is 4.39 Å². The zero-order valence-corrected chi connectivity index (χ0v) is 8.19. The van der Waals surface area contributed by atoms with Crippen molar-refractivity contribution in [3.05, 3.63) is 39.2 Å². The van der Waals surface area contributed by atoms with Gasteiger partial charge in [0.1, 0.15) is 10.8 Å². The van der Waals surface area contributed by atoms with E-state index in [-0.39, 0.29) is 10.7 Å². The highest BCUT2D eigenvalue weighted by atomic mass is 32.1. The first-order valence-electron chi connectivity index (χ1n) is 3.99. The lowest BCUT2D eigenvalue weighted by Crippen LogP contribution is -1.90. The third kappa shape index (κ3) is 1.58. The summed E-state index contributed by atoms with van der Waals surface area (Å²) in [6, 6.07) is 4.78. The molecule has 0 fully saturated rings. The first-order valence-corrected chi connectivity index (χ1v) is 4.80. The number of rotatable bonds is 1. The molecule has 0 radical (unpaired) electrons. The number of hydrogen-bond donors (Lipinski definition) is 1. The summed E-state index contributed by atoms with van der Waals surface area (Å²) in [6.07, 6.45) is 0. The summed E-state index contributed by atoms with van der Waals surface area (Å²) in [5.41, 5.74) is 1.20. The van der Waals surface area contributed by atoms with Gasteiger partial charge in [-0.3, -0.25) is 4.79 Å². The summed E-state index contributed by atoms with van der Waals surface area (Å²) in [5, 5.41) is 6.57. The molecular formula is C9H7FN2OS. The van der Waals surface area contributed by atoms with Gasteiger partial charge in [0, 0.05) is 5.56 Å². The van der Waals surface area contributed by atoms with Crippen molar-refractivity contribution in [1.29, 1.82) is 0 Å². The molecule has 2 rings (SSSR count).